The molecule has 2 amide bonds. The van der Waals surface area contributed by atoms with Gasteiger partial charge in [-0.2, -0.15) is 10.1 Å². The largest absolute Gasteiger partial charge is 0.489 e. The SMILES string of the molecule is O=C1[C@@H]2[C@@H]3C=C[C@H]([C@H]4C[C@H]34)[C@@H]2C(=O)N1/N=C/c1ccc(OCc2ccccc2Cl)cc1. The molecule has 2 aromatic rings. The molecule has 0 spiro atoms. The smallest absolute Gasteiger partial charge is 0.254 e. The third-order valence-electron chi connectivity index (χ3n) is 7.19. The second-order valence-corrected chi connectivity index (χ2v) is 9.24. The Morgan fingerprint density at radius 1 is 0.968 bits per heavy atom. The third kappa shape index (κ3) is 3.02. The van der Waals surface area contributed by atoms with Crippen LogP contribution < -0.4 is 4.74 Å². The number of hydrazone groups is 1. The first kappa shape index (κ1) is 18.8. The molecule has 7 rings (SSSR count). The van der Waals surface area contributed by atoms with E-state index in [1.807, 2.05) is 48.5 Å². The van der Waals surface area contributed by atoms with E-state index in [4.69, 9.17) is 16.3 Å². The first-order chi connectivity index (χ1) is 15.1. The molecule has 6 heteroatoms. The standard InChI is InChI=1S/C25H21ClN2O3/c26-21-4-2-1-3-15(21)13-31-16-7-5-14(6-8-16)12-27-28-24(29)22-17-9-10-18(20-11-19(17)20)23(22)25(28)30/h1-10,12,17-20,22-23H,11,13H2/b27-12+/t17-,18-,19-,20-,22-,23+/m1/s1. The van der Waals surface area contributed by atoms with Gasteiger partial charge in [0.2, 0.25) is 0 Å². The Balaban J connectivity index is 1.13. The number of nitrogens with zero attached hydrogens (tertiary/aromatic N) is 2. The maximum absolute atomic E-state index is 13.0. The summed E-state index contributed by atoms with van der Waals surface area (Å²) in [7, 11) is 0. The summed E-state index contributed by atoms with van der Waals surface area (Å²) in [6, 6.07) is 14.9. The molecule has 0 N–H and O–H groups in total. The van der Waals surface area contributed by atoms with Crippen LogP contribution in [0.3, 0.4) is 0 Å². The van der Waals surface area contributed by atoms with Gasteiger partial charge in [-0.15, -0.1) is 0 Å². The molecule has 2 aromatic carbocycles. The first-order valence-electron chi connectivity index (χ1n) is 10.7. The van der Waals surface area contributed by atoms with E-state index in [-0.39, 0.29) is 35.5 Å². The van der Waals surface area contributed by atoms with Crippen LogP contribution in [-0.4, -0.2) is 23.0 Å². The van der Waals surface area contributed by atoms with E-state index in [9.17, 15) is 9.59 Å². The number of benzene rings is 2. The van der Waals surface area contributed by atoms with Crippen LogP contribution in [0.15, 0.2) is 65.8 Å². The van der Waals surface area contributed by atoms with Gasteiger partial charge in [0.25, 0.3) is 11.8 Å². The van der Waals surface area contributed by atoms with Crippen molar-refractivity contribution in [2.45, 2.75) is 13.0 Å². The summed E-state index contributed by atoms with van der Waals surface area (Å²) in [5.74, 6) is 1.60. The van der Waals surface area contributed by atoms with Gasteiger partial charge in [0, 0.05) is 10.6 Å². The van der Waals surface area contributed by atoms with Gasteiger partial charge in [0.05, 0.1) is 18.1 Å². The highest BCUT2D eigenvalue weighted by atomic mass is 35.5. The van der Waals surface area contributed by atoms with Crippen molar-refractivity contribution < 1.29 is 14.3 Å². The number of carbonyl (C=O) groups excluding carboxylic acids is 2. The van der Waals surface area contributed by atoms with Gasteiger partial charge in [-0.05, 0) is 66.0 Å². The van der Waals surface area contributed by atoms with E-state index in [1.54, 1.807) is 6.21 Å². The van der Waals surface area contributed by atoms with Crippen LogP contribution in [0.5, 0.6) is 5.75 Å². The molecule has 3 fully saturated rings. The van der Waals surface area contributed by atoms with Crippen LogP contribution in [0.1, 0.15) is 17.5 Å². The molecule has 1 saturated heterocycles. The van der Waals surface area contributed by atoms with Crippen molar-refractivity contribution in [3.05, 3.63) is 76.8 Å². The van der Waals surface area contributed by atoms with Crippen molar-refractivity contribution in [3.8, 4) is 5.75 Å². The third-order valence-corrected chi connectivity index (χ3v) is 7.56. The quantitative estimate of drug-likeness (QED) is 0.402. The second-order valence-electron chi connectivity index (χ2n) is 8.84. The van der Waals surface area contributed by atoms with Gasteiger partial charge in [0.15, 0.2) is 0 Å². The fourth-order valence-corrected chi connectivity index (χ4v) is 5.80. The lowest BCUT2D eigenvalue weighted by atomic mass is 9.63. The molecule has 31 heavy (non-hydrogen) atoms. The molecule has 156 valence electrons. The summed E-state index contributed by atoms with van der Waals surface area (Å²) >= 11 is 6.16. The lowest BCUT2D eigenvalue weighted by Crippen LogP contribution is -2.40. The average Bonchev–Trinajstić information content (AvgIpc) is 3.57. The number of allylic oxidation sites excluding steroid dienone is 2. The molecule has 0 radical (unpaired) electrons. The summed E-state index contributed by atoms with van der Waals surface area (Å²) in [6.45, 7) is 0.380. The second kappa shape index (κ2) is 7.06. The van der Waals surface area contributed by atoms with Crippen molar-refractivity contribution >= 4 is 29.6 Å². The Morgan fingerprint density at radius 3 is 2.26 bits per heavy atom. The normalized spacial score (nSPS) is 32.5. The summed E-state index contributed by atoms with van der Waals surface area (Å²) in [5.41, 5.74) is 1.72. The Bertz CT molecular complexity index is 1090. The highest BCUT2D eigenvalue weighted by molar-refractivity contribution is 6.31. The first-order valence-corrected chi connectivity index (χ1v) is 11.1. The van der Waals surface area contributed by atoms with Crippen molar-refractivity contribution in [2.24, 2.45) is 40.6 Å². The predicted molar refractivity (Wildman–Crippen MR) is 116 cm³/mol. The summed E-state index contributed by atoms with van der Waals surface area (Å²) < 4.78 is 5.79. The lowest BCUT2D eigenvalue weighted by molar-refractivity contribution is -0.140. The van der Waals surface area contributed by atoms with Gasteiger partial charge in [-0.1, -0.05) is 42.0 Å². The molecule has 2 saturated carbocycles. The van der Waals surface area contributed by atoms with Gasteiger partial charge in [-0.25, -0.2) is 0 Å². The van der Waals surface area contributed by atoms with E-state index in [1.165, 1.54) is 0 Å². The zero-order valence-electron chi connectivity index (χ0n) is 16.7. The van der Waals surface area contributed by atoms with Crippen LogP contribution in [0, 0.1) is 35.5 Å². The molecular formula is C25H21ClN2O3. The molecular weight excluding hydrogens is 412 g/mol. The number of halogens is 1. The highest BCUT2D eigenvalue weighted by Gasteiger charge is 2.67. The molecule has 1 heterocycles. The van der Waals surface area contributed by atoms with Gasteiger partial charge < -0.3 is 4.74 Å². The molecule has 5 aliphatic rings. The summed E-state index contributed by atoms with van der Waals surface area (Å²) in [6.07, 6.45) is 7.06. The van der Waals surface area contributed by atoms with Crippen molar-refractivity contribution in [1.82, 2.24) is 5.01 Å². The van der Waals surface area contributed by atoms with Crippen LogP contribution in [-0.2, 0) is 16.2 Å². The minimum atomic E-state index is -0.219. The Morgan fingerprint density at radius 2 is 1.61 bits per heavy atom. The summed E-state index contributed by atoms with van der Waals surface area (Å²) in [4.78, 5) is 25.9. The Labute approximate surface area is 185 Å². The number of rotatable bonds is 5. The zero-order chi connectivity index (χ0) is 21.1. The molecule has 0 unspecified atom stereocenters. The minimum Gasteiger partial charge on any atom is -0.489 e. The van der Waals surface area contributed by atoms with Crippen LogP contribution in [0.4, 0.5) is 0 Å². The molecule has 5 nitrogen and oxygen atoms in total. The topological polar surface area (TPSA) is 59.0 Å². The van der Waals surface area contributed by atoms with E-state index in [2.05, 4.69) is 17.3 Å². The lowest BCUT2D eigenvalue weighted by Gasteiger charge is -2.37. The molecule has 2 bridgehead atoms. The van der Waals surface area contributed by atoms with Crippen molar-refractivity contribution in [2.75, 3.05) is 0 Å². The zero-order valence-corrected chi connectivity index (χ0v) is 17.5. The number of hydrogen-bond acceptors (Lipinski definition) is 4. The maximum Gasteiger partial charge on any atom is 0.254 e. The predicted octanol–water partition coefficient (Wildman–Crippen LogP) is 4.31. The number of ether oxygens (including phenoxy) is 1. The van der Waals surface area contributed by atoms with Gasteiger partial charge in [0.1, 0.15) is 12.4 Å². The average molecular weight is 433 g/mol. The van der Waals surface area contributed by atoms with Crippen LogP contribution in [0.25, 0.3) is 0 Å². The Kier molecular flexibility index (Phi) is 4.29. The van der Waals surface area contributed by atoms with E-state index >= 15 is 0 Å². The monoisotopic (exact) mass is 432 g/mol. The van der Waals surface area contributed by atoms with E-state index in [0.29, 0.717) is 29.2 Å². The van der Waals surface area contributed by atoms with E-state index in [0.717, 1.165) is 22.6 Å². The van der Waals surface area contributed by atoms with E-state index < -0.39 is 0 Å². The van der Waals surface area contributed by atoms with Crippen LogP contribution in [0.2, 0.25) is 5.02 Å². The van der Waals surface area contributed by atoms with Crippen molar-refractivity contribution in [1.29, 1.82) is 0 Å². The molecule has 6 atom stereocenters. The van der Waals surface area contributed by atoms with Crippen molar-refractivity contribution in [3.63, 3.8) is 0 Å². The minimum absolute atomic E-state index is 0.143. The highest BCUT2D eigenvalue weighted by Crippen LogP contribution is 2.65. The van der Waals surface area contributed by atoms with Gasteiger partial charge >= 0.3 is 0 Å². The molecule has 1 aliphatic heterocycles. The number of imide groups is 1. The fourth-order valence-electron chi connectivity index (χ4n) is 5.61. The van der Waals surface area contributed by atoms with Gasteiger partial charge in [-0.3, -0.25) is 9.59 Å². The number of hydrogen-bond donors (Lipinski definition) is 0. The molecule has 4 aliphatic carbocycles. The molecule has 0 aromatic heterocycles. The number of amides is 2. The maximum atomic E-state index is 13.0. The van der Waals surface area contributed by atoms with Crippen LogP contribution >= 0.6 is 11.6 Å². The fraction of sp³-hybridized carbons (Fsp3) is 0.320. The number of carbonyl (C=O) groups is 2. The summed E-state index contributed by atoms with van der Waals surface area (Å²) in [5, 5.41) is 6.05. The Hall–Kier alpha value is -2.92.